The van der Waals surface area contributed by atoms with Gasteiger partial charge in [0.2, 0.25) is 16.7 Å². The molecule has 5 aromatic rings. The molecule has 0 radical (unpaired) electrons. The number of aromatic nitrogens is 3. The fraction of sp³-hybridized carbons (Fsp3) is 0.259. The van der Waals surface area contributed by atoms with Crippen LogP contribution in [-0.4, -0.2) is 37.7 Å². The van der Waals surface area contributed by atoms with E-state index >= 15 is 0 Å². The van der Waals surface area contributed by atoms with Gasteiger partial charge in [-0.25, -0.2) is 0 Å². The minimum Gasteiger partial charge on any atom is -0.492 e. The lowest BCUT2D eigenvalue weighted by molar-refractivity contribution is 0.150. The summed E-state index contributed by atoms with van der Waals surface area (Å²) >= 11 is 5.12. The molecule has 0 amide bonds. The Labute approximate surface area is 216 Å². The van der Waals surface area contributed by atoms with E-state index in [0.717, 1.165) is 47.3 Å². The highest BCUT2D eigenvalue weighted by atomic mass is 79.9. The van der Waals surface area contributed by atoms with E-state index in [1.165, 1.54) is 21.4 Å². The van der Waals surface area contributed by atoms with Gasteiger partial charge in [-0.2, -0.15) is 9.50 Å². The van der Waals surface area contributed by atoms with Crippen LogP contribution in [0.1, 0.15) is 34.9 Å². The van der Waals surface area contributed by atoms with E-state index in [2.05, 4.69) is 79.4 Å². The predicted octanol–water partition coefficient (Wildman–Crippen LogP) is 6.56. The number of thiazole rings is 1. The van der Waals surface area contributed by atoms with Gasteiger partial charge in [0.25, 0.3) is 0 Å². The maximum absolute atomic E-state index is 11.3. The lowest BCUT2D eigenvalue weighted by Gasteiger charge is -2.37. The average Bonchev–Trinajstić information content (AvgIpc) is 3.60. The summed E-state index contributed by atoms with van der Waals surface area (Å²) in [6.45, 7) is 1.94. The van der Waals surface area contributed by atoms with E-state index < -0.39 is 0 Å². The van der Waals surface area contributed by atoms with E-state index in [1.54, 1.807) is 12.3 Å². The number of piperidine rings is 1. The van der Waals surface area contributed by atoms with Crippen molar-refractivity contribution in [2.75, 3.05) is 13.1 Å². The maximum atomic E-state index is 11.3. The number of furan rings is 1. The molecular weight excluding hydrogens is 524 g/mol. The van der Waals surface area contributed by atoms with Gasteiger partial charge in [0.05, 0.1) is 17.2 Å². The van der Waals surface area contributed by atoms with Gasteiger partial charge >= 0.3 is 0 Å². The number of hydrogen-bond donors (Lipinski definition) is 1. The largest absolute Gasteiger partial charge is 0.492 e. The molecule has 8 heteroatoms. The fourth-order valence-electron chi connectivity index (χ4n) is 5.01. The van der Waals surface area contributed by atoms with Crippen molar-refractivity contribution in [2.24, 2.45) is 5.92 Å². The highest BCUT2D eigenvalue weighted by Gasteiger charge is 2.32. The van der Waals surface area contributed by atoms with Gasteiger partial charge < -0.3 is 9.52 Å². The van der Waals surface area contributed by atoms with E-state index in [1.807, 2.05) is 12.1 Å². The first kappa shape index (κ1) is 22.5. The van der Waals surface area contributed by atoms with Crippen LogP contribution in [0.25, 0.3) is 16.5 Å². The lowest BCUT2D eigenvalue weighted by atomic mass is 9.89. The van der Waals surface area contributed by atoms with Crippen LogP contribution in [0.2, 0.25) is 0 Å². The third-order valence-corrected chi connectivity index (χ3v) is 8.30. The SMILES string of the molecule is Oc1c([C@@H](c2cccc(Br)c2)N2CCC(Cc3ccccc3)CC2)sc2nc(-c3ccco3)nn12. The molecule has 1 saturated heterocycles. The second-order valence-corrected chi connectivity index (χ2v) is 10.9. The minimum atomic E-state index is -0.0641. The monoisotopic (exact) mass is 548 g/mol. The van der Waals surface area contributed by atoms with Crippen LogP contribution in [0.3, 0.4) is 0 Å². The molecule has 35 heavy (non-hydrogen) atoms. The standard InChI is InChI=1S/C27H25BrN4O2S/c28-21-9-4-8-20(17-21)23(31-13-11-19(12-14-31)16-18-6-2-1-3-7-18)24-26(33)32-27(35-24)29-25(30-32)22-10-5-15-34-22/h1-10,15,17,19,23,33H,11-14,16H2/t23-/m1/s1. The fourth-order valence-corrected chi connectivity index (χ4v) is 6.54. The summed E-state index contributed by atoms with van der Waals surface area (Å²) in [5.74, 6) is 1.88. The van der Waals surface area contributed by atoms with Crippen molar-refractivity contribution in [1.82, 2.24) is 19.5 Å². The van der Waals surface area contributed by atoms with Gasteiger partial charge in [-0.1, -0.05) is 69.7 Å². The number of fused-ring (bicyclic) bond motifs is 1. The Morgan fingerprint density at radius 1 is 1.06 bits per heavy atom. The molecule has 6 rings (SSSR count). The number of benzene rings is 2. The van der Waals surface area contributed by atoms with Gasteiger partial charge in [0.15, 0.2) is 5.76 Å². The Hall–Kier alpha value is -2.94. The molecule has 0 bridgehead atoms. The quantitative estimate of drug-likeness (QED) is 0.260. The van der Waals surface area contributed by atoms with Gasteiger partial charge in [0.1, 0.15) is 0 Å². The topological polar surface area (TPSA) is 66.8 Å². The second-order valence-electron chi connectivity index (χ2n) is 9.02. The zero-order chi connectivity index (χ0) is 23.8. The van der Waals surface area contributed by atoms with E-state index in [4.69, 9.17) is 4.42 Å². The summed E-state index contributed by atoms with van der Waals surface area (Å²) in [7, 11) is 0. The molecule has 1 fully saturated rings. The Bertz CT molecular complexity index is 1420. The van der Waals surface area contributed by atoms with Crippen LogP contribution in [-0.2, 0) is 6.42 Å². The molecule has 0 aliphatic carbocycles. The molecule has 178 valence electrons. The molecule has 0 saturated carbocycles. The van der Waals surface area contributed by atoms with E-state index in [-0.39, 0.29) is 11.9 Å². The maximum Gasteiger partial charge on any atom is 0.230 e. The van der Waals surface area contributed by atoms with Gasteiger partial charge in [-0.15, -0.1) is 5.10 Å². The van der Waals surface area contributed by atoms with Crippen LogP contribution in [0, 0.1) is 5.92 Å². The van der Waals surface area contributed by atoms with Gasteiger partial charge in [0, 0.05) is 4.47 Å². The third kappa shape index (κ3) is 4.53. The molecule has 1 N–H and O–H groups in total. The number of likely N-dealkylation sites (tertiary alicyclic amines) is 1. The number of aromatic hydroxyl groups is 1. The Morgan fingerprint density at radius 3 is 2.60 bits per heavy atom. The molecule has 6 nitrogen and oxygen atoms in total. The zero-order valence-electron chi connectivity index (χ0n) is 19.0. The van der Waals surface area contributed by atoms with Crippen LogP contribution < -0.4 is 0 Å². The summed E-state index contributed by atoms with van der Waals surface area (Å²) in [5.41, 5.74) is 2.55. The molecule has 1 atom stereocenters. The number of halogens is 1. The van der Waals surface area contributed by atoms with Crippen LogP contribution in [0.5, 0.6) is 5.88 Å². The first-order valence-electron chi connectivity index (χ1n) is 11.8. The highest BCUT2D eigenvalue weighted by Crippen LogP contribution is 2.42. The normalized spacial score (nSPS) is 16.1. The second kappa shape index (κ2) is 9.60. The first-order valence-corrected chi connectivity index (χ1v) is 13.4. The molecule has 1 aliphatic heterocycles. The average molecular weight is 549 g/mol. The van der Waals surface area contributed by atoms with Crippen LogP contribution in [0.15, 0.2) is 81.9 Å². The summed E-state index contributed by atoms with van der Waals surface area (Å²) in [6.07, 6.45) is 4.97. The summed E-state index contributed by atoms with van der Waals surface area (Å²) in [5, 5.41) is 15.8. The Kier molecular flexibility index (Phi) is 6.18. The Morgan fingerprint density at radius 2 is 1.89 bits per heavy atom. The Balaban J connectivity index is 1.30. The van der Waals surface area contributed by atoms with Crippen molar-refractivity contribution in [2.45, 2.75) is 25.3 Å². The lowest BCUT2D eigenvalue weighted by Crippen LogP contribution is -2.37. The minimum absolute atomic E-state index is 0.0641. The molecule has 3 aromatic heterocycles. The molecule has 0 spiro atoms. The zero-order valence-corrected chi connectivity index (χ0v) is 21.5. The number of nitrogens with zero attached hydrogens (tertiary/aromatic N) is 4. The van der Waals surface area contributed by atoms with Crippen molar-refractivity contribution in [3.63, 3.8) is 0 Å². The number of hydrogen-bond acceptors (Lipinski definition) is 6. The van der Waals surface area contributed by atoms with E-state index in [0.29, 0.717) is 22.5 Å². The van der Waals surface area contributed by atoms with Crippen molar-refractivity contribution in [3.8, 4) is 17.5 Å². The molecule has 1 aliphatic rings. The third-order valence-electron chi connectivity index (χ3n) is 6.74. The van der Waals surface area contributed by atoms with Gasteiger partial charge in [-0.3, -0.25) is 4.90 Å². The van der Waals surface area contributed by atoms with Crippen molar-refractivity contribution in [1.29, 1.82) is 0 Å². The van der Waals surface area contributed by atoms with Crippen molar-refractivity contribution >= 4 is 32.2 Å². The molecule has 0 unspecified atom stereocenters. The first-order chi connectivity index (χ1) is 17.2. The smallest absolute Gasteiger partial charge is 0.230 e. The van der Waals surface area contributed by atoms with E-state index in [9.17, 15) is 5.11 Å². The van der Waals surface area contributed by atoms with Crippen LogP contribution in [0.4, 0.5) is 0 Å². The highest BCUT2D eigenvalue weighted by molar-refractivity contribution is 9.10. The van der Waals surface area contributed by atoms with Crippen molar-refractivity contribution in [3.05, 3.63) is 93.5 Å². The number of rotatable bonds is 6. The summed E-state index contributed by atoms with van der Waals surface area (Å²) in [6, 6.07) is 22.7. The van der Waals surface area contributed by atoms with Crippen LogP contribution >= 0.6 is 27.3 Å². The summed E-state index contributed by atoms with van der Waals surface area (Å²) in [4.78, 5) is 8.63. The van der Waals surface area contributed by atoms with Gasteiger partial charge in [-0.05, 0) is 73.7 Å². The molecule has 2 aromatic carbocycles. The van der Waals surface area contributed by atoms with Crippen molar-refractivity contribution < 1.29 is 9.52 Å². The molecule has 4 heterocycles. The summed E-state index contributed by atoms with van der Waals surface area (Å²) < 4.78 is 8.00. The molecular formula is C27H25BrN4O2S. The predicted molar refractivity (Wildman–Crippen MR) is 141 cm³/mol.